The summed E-state index contributed by atoms with van der Waals surface area (Å²) in [6.45, 7) is 3.75. The Morgan fingerprint density at radius 2 is 1.73 bits per heavy atom. The summed E-state index contributed by atoms with van der Waals surface area (Å²) in [5, 5.41) is 4.98. The quantitative estimate of drug-likeness (QED) is 0.599. The van der Waals surface area contributed by atoms with E-state index in [-0.39, 0.29) is 17.4 Å². The van der Waals surface area contributed by atoms with Gasteiger partial charge in [0.1, 0.15) is 5.75 Å². The molecule has 0 aliphatic heterocycles. The Morgan fingerprint density at radius 1 is 1.10 bits per heavy atom. The summed E-state index contributed by atoms with van der Waals surface area (Å²) in [4.78, 5) is 16.9. The number of aromatic nitrogens is 1. The molecule has 0 fully saturated rings. The molecule has 2 aromatic carbocycles. The zero-order valence-electron chi connectivity index (χ0n) is 17.2. The lowest BCUT2D eigenvalue weighted by atomic mass is 10.1. The highest BCUT2D eigenvalue weighted by molar-refractivity contribution is 7.89. The summed E-state index contributed by atoms with van der Waals surface area (Å²) in [5.74, 6) is 0.409. The van der Waals surface area contributed by atoms with E-state index in [1.165, 1.54) is 29.7 Å². The van der Waals surface area contributed by atoms with Gasteiger partial charge < -0.3 is 4.74 Å². The van der Waals surface area contributed by atoms with Crippen molar-refractivity contribution in [3.05, 3.63) is 59.0 Å². The second-order valence-electron chi connectivity index (χ2n) is 6.91. The number of hydrogen-bond acceptors (Lipinski definition) is 6. The third-order valence-corrected chi connectivity index (χ3v) is 7.02. The molecule has 0 bridgehead atoms. The molecule has 1 N–H and O–H groups in total. The van der Waals surface area contributed by atoms with Crippen LogP contribution >= 0.6 is 11.3 Å². The van der Waals surface area contributed by atoms with Crippen molar-refractivity contribution < 1.29 is 17.9 Å². The molecule has 0 radical (unpaired) electrons. The van der Waals surface area contributed by atoms with Gasteiger partial charge in [0.05, 0.1) is 10.6 Å². The fraction of sp³-hybridized carbons (Fsp3) is 0.238. The van der Waals surface area contributed by atoms with Crippen molar-refractivity contribution in [2.75, 3.05) is 26.0 Å². The topological polar surface area (TPSA) is 88.6 Å². The molecule has 1 heterocycles. The Hall–Kier alpha value is -2.75. The van der Waals surface area contributed by atoms with Gasteiger partial charge in [-0.15, -0.1) is 11.3 Å². The predicted octanol–water partition coefficient (Wildman–Crippen LogP) is 3.69. The summed E-state index contributed by atoms with van der Waals surface area (Å²) >= 11 is 1.29. The van der Waals surface area contributed by atoms with E-state index in [1.54, 1.807) is 29.6 Å². The van der Waals surface area contributed by atoms with Crippen molar-refractivity contribution in [3.8, 4) is 17.0 Å². The van der Waals surface area contributed by atoms with Gasteiger partial charge >= 0.3 is 0 Å². The largest absolute Gasteiger partial charge is 0.483 e. The van der Waals surface area contributed by atoms with Crippen LogP contribution in [0.25, 0.3) is 11.3 Å². The number of aryl methyl sites for hydroxylation is 2. The molecule has 158 valence electrons. The van der Waals surface area contributed by atoms with E-state index in [0.717, 1.165) is 16.7 Å². The van der Waals surface area contributed by atoms with Crippen molar-refractivity contribution in [2.45, 2.75) is 18.7 Å². The molecule has 30 heavy (non-hydrogen) atoms. The summed E-state index contributed by atoms with van der Waals surface area (Å²) < 4.78 is 31.2. The van der Waals surface area contributed by atoms with Crippen LogP contribution in [0.4, 0.5) is 5.13 Å². The average Bonchev–Trinajstić information content (AvgIpc) is 3.16. The minimum Gasteiger partial charge on any atom is -0.483 e. The number of para-hydroxylation sites is 1. The van der Waals surface area contributed by atoms with Crippen LogP contribution in [0, 0.1) is 13.8 Å². The highest BCUT2D eigenvalue weighted by Gasteiger charge is 2.17. The zero-order valence-corrected chi connectivity index (χ0v) is 18.8. The molecule has 1 aromatic heterocycles. The number of nitrogens with one attached hydrogen (secondary N) is 1. The molecule has 1 amide bonds. The van der Waals surface area contributed by atoms with Gasteiger partial charge in [-0.25, -0.2) is 17.7 Å². The van der Waals surface area contributed by atoms with Gasteiger partial charge in [-0.05, 0) is 37.1 Å². The lowest BCUT2D eigenvalue weighted by Crippen LogP contribution is -2.22. The molecule has 0 spiro atoms. The van der Waals surface area contributed by atoms with Crippen LogP contribution in [0.2, 0.25) is 0 Å². The summed E-state index contributed by atoms with van der Waals surface area (Å²) in [6.07, 6.45) is 0. The van der Waals surface area contributed by atoms with Crippen LogP contribution in [0.1, 0.15) is 11.1 Å². The summed E-state index contributed by atoms with van der Waals surface area (Å²) in [6, 6.07) is 12.3. The Morgan fingerprint density at radius 3 is 2.33 bits per heavy atom. The van der Waals surface area contributed by atoms with Crippen molar-refractivity contribution in [1.82, 2.24) is 9.29 Å². The zero-order chi connectivity index (χ0) is 21.9. The van der Waals surface area contributed by atoms with Gasteiger partial charge in [0.25, 0.3) is 5.91 Å². The monoisotopic (exact) mass is 445 g/mol. The van der Waals surface area contributed by atoms with Gasteiger partial charge in [-0.2, -0.15) is 0 Å². The maximum absolute atomic E-state index is 12.2. The van der Waals surface area contributed by atoms with Gasteiger partial charge in [-0.1, -0.05) is 30.3 Å². The molecular weight excluding hydrogens is 422 g/mol. The number of hydrogen-bond donors (Lipinski definition) is 1. The third kappa shape index (κ3) is 4.86. The smallest absolute Gasteiger partial charge is 0.264 e. The number of ether oxygens (including phenoxy) is 1. The van der Waals surface area contributed by atoms with Crippen molar-refractivity contribution >= 4 is 32.4 Å². The SMILES string of the molecule is Cc1cccc(C)c1OCC(=O)Nc1nc(-c2ccc(S(=O)(=O)N(C)C)cc2)cs1. The first-order valence-electron chi connectivity index (χ1n) is 9.16. The molecule has 3 aromatic rings. The Labute approximate surface area is 180 Å². The van der Waals surface area contributed by atoms with E-state index in [4.69, 9.17) is 4.74 Å². The highest BCUT2D eigenvalue weighted by Crippen LogP contribution is 2.27. The lowest BCUT2D eigenvalue weighted by molar-refractivity contribution is -0.118. The number of benzene rings is 2. The molecule has 3 rings (SSSR count). The number of nitrogens with zero attached hydrogens (tertiary/aromatic N) is 2. The summed E-state index contributed by atoms with van der Waals surface area (Å²) in [7, 11) is -0.500. The van der Waals surface area contributed by atoms with E-state index < -0.39 is 10.0 Å². The minimum absolute atomic E-state index is 0.113. The first-order chi connectivity index (χ1) is 14.2. The highest BCUT2D eigenvalue weighted by atomic mass is 32.2. The van der Waals surface area contributed by atoms with E-state index in [1.807, 2.05) is 32.0 Å². The fourth-order valence-corrected chi connectivity index (χ4v) is 4.43. The van der Waals surface area contributed by atoms with Gasteiger partial charge in [0.15, 0.2) is 11.7 Å². The Kier molecular flexibility index (Phi) is 6.55. The molecule has 0 unspecified atom stereocenters. The second kappa shape index (κ2) is 8.95. The van der Waals surface area contributed by atoms with E-state index in [0.29, 0.717) is 16.6 Å². The van der Waals surface area contributed by atoms with Crippen LogP contribution in [0.5, 0.6) is 5.75 Å². The van der Waals surface area contributed by atoms with Crippen molar-refractivity contribution in [2.24, 2.45) is 0 Å². The lowest BCUT2D eigenvalue weighted by Gasteiger charge is -2.11. The number of anilines is 1. The van der Waals surface area contributed by atoms with Gasteiger partial charge in [0, 0.05) is 25.0 Å². The first-order valence-corrected chi connectivity index (χ1v) is 11.5. The van der Waals surface area contributed by atoms with Crippen molar-refractivity contribution in [3.63, 3.8) is 0 Å². The first kappa shape index (κ1) is 21.9. The normalized spacial score (nSPS) is 11.5. The molecule has 0 atom stereocenters. The number of rotatable bonds is 7. The van der Waals surface area contributed by atoms with Gasteiger partial charge in [-0.3, -0.25) is 10.1 Å². The molecular formula is C21H23N3O4S2. The van der Waals surface area contributed by atoms with Crippen LogP contribution in [0.15, 0.2) is 52.7 Å². The minimum atomic E-state index is -3.48. The molecule has 0 aliphatic rings. The van der Waals surface area contributed by atoms with Crippen LogP contribution in [0.3, 0.4) is 0 Å². The Bertz CT molecular complexity index is 1130. The van der Waals surface area contributed by atoms with Crippen LogP contribution in [-0.2, 0) is 14.8 Å². The van der Waals surface area contributed by atoms with Gasteiger partial charge in [0.2, 0.25) is 10.0 Å². The van der Waals surface area contributed by atoms with Crippen LogP contribution < -0.4 is 10.1 Å². The maximum atomic E-state index is 12.2. The molecule has 9 heteroatoms. The van der Waals surface area contributed by atoms with E-state index >= 15 is 0 Å². The molecule has 0 aliphatic carbocycles. The standard InChI is InChI=1S/C21H23N3O4S2/c1-14-6-5-7-15(2)20(14)28-12-19(25)23-21-22-18(13-29-21)16-8-10-17(11-9-16)30(26,27)24(3)4/h5-11,13H,12H2,1-4H3,(H,22,23,25). The number of carbonyl (C=O) groups excluding carboxylic acids is 1. The fourth-order valence-electron chi connectivity index (χ4n) is 2.79. The average molecular weight is 446 g/mol. The Balaban J connectivity index is 1.64. The maximum Gasteiger partial charge on any atom is 0.264 e. The van der Waals surface area contributed by atoms with E-state index in [9.17, 15) is 13.2 Å². The van der Waals surface area contributed by atoms with Crippen LogP contribution in [-0.4, -0.2) is 44.3 Å². The molecule has 0 saturated carbocycles. The predicted molar refractivity (Wildman–Crippen MR) is 118 cm³/mol. The number of thiazole rings is 1. The van der Waals surface area contributed by atoms with E-state index in [2.05, 4.69) is 10.3 Å². The number of carbonyl (C=O) groups is 1. The molecule has 7 nitrogen and oxygen atoms in total. The summed E-state index contributed by atoms with van der Waals surface area (Å²) in [5.41, 5.74) is 3.36. The third-order valence-electron chi connectivity index (χ3n) is 4.44. The molecule has 0 saturated heterocycles. The second-order valence-corrected chi connectivity index (χ2v) is 9.92. The number of amides is 1. The van der Waals surface area contributed by atoms with Crippen molar-refractivity contribution in [1.29, 1.82) is 0 Å². The number of sulfonamides is 1.